The van der Waals surface area contributed by atoms with E-state index in [9.17, 15) is 0 Å². The van der Waals surface area contributed by atoms with Crippen LogP contribution in [0.5, 0.6) is 0 Å². The molecule has 0 aliphatic heterocycles. The highest BCUT2D eigenvalue weighted by Crippen LogP contribution is 2.45. The maximum Gasteiger partial charge on any atom is 0.0620 e. The fraction of sp³-hybridized carbons (Fsp3) is 0. The molecule has 83 heavy (non-hydrogen) atoms. The van der Waals surface area contributed by atoms with Crippen LogP contribution in [-0.2, 0) is 0 Å². The number of nitrogens with zero attached hydrogens (tertiary/aromatic N) is 5. The van der Waals surface area contributed by atoms with Gasteiger partial charge in [-0.2, -0.15) is 0 Å². The van der Waals surface area contributed by atoms with Gasteiger partial charge in [0, 0.05) is 87.4 Å². The Morgan fingerprint density at radius 2 is 0.446 bits per heavy atom. The Hall–Kier alpha value is -11.1. The fourth-order valence-electron chi connectivity index (χ4n) is 14.6. The molecule has 5 nitrogen and oxygen atoms in total. The van der Waals surface area contributed by atoms with Gasteiger partial charge in [-0.05, 0) is 144 Å². The first kappa shape index (κ1) is 44.7. The molecule has 19 aromatic rings. The van der Waals surface area contributed by atoms with Gasteiger partial charge in [0.1, 0.15) is 0 Å². The second kappa shape index (κ2) is 16.7. The standard InChI is InChI=1S/C78H47N5/c1-3-16-52(17-4-1)79-68-26-11-9-22-58(68)66-46-54(34-40-74(66)79)81-70-28-13-7-20-56(70)64-42-48(32-38-72(64)81)50-30-36-60-62-24-15-25-63-61-37-31-51(45-77(61)83(78(62)63)76(60)44-50)49-33-39-73-65(43-49)57-21-8-14-29-71(57)82(73)55-35-41-75-67(47-55)59-23-10-12-27-69(59)80(75)53-18-5-2-6-19-53/h1-47H. The molecule has 6 aromatic heterocycles. The van der Waals surface area contributed by atoms with Crippen molar-refractivity contribution in [2.45, 2.75) is 0 Å². The number of benzene rings is 13. The zero-order chi connectivity index (χ0) is 54.0. The minimum Gasteiger partial charge on any atom is -0.309 e. The predicted molar refractivity (Wildman–Crippen MR) is 349 cm³/mol. The molecule has 0 bridgehead atoms. The number of aromatic nitrogens is 5. The van der Waals surface area contributed by atoms with Gasteiger partial charge in [-0.1, -0.05) is 164 Å². The number of hydrogen-bond acceptors (Lipinski definition) is 0. The zero-order valence-electron chi connectivity index (χ0n) is 44.9. The summed E-state index contributed by atoms with van der Waals surface area (Å²) in [5, 5.41) is 15.0. The molecule has 0 fully saturated rings. The molecule has 0 N–H and O–H groups in total. The Morgan fingerprint density at radius 1 is 0.157 bits per heavy atom. The molecule has 0 radical (unpaired) electrons. The van der Waals surface area contributed by atoms with E-state index >= 15 is 0 Å². The lowest BCUT2D eigenvalue weighted by atomic mass is 9.99. The summed E-state index contributed by atoms with van der Waals surface area (Å²) in [6.07, 6.45) is 0. The van der Waals surface area contributed by atoms with Crippen LogP contribution in [0.1, 0.15) is 0 Å². The Bertz CT molecular complexity index is 5560. The molecular weight excluding hydrogens is 1010 g/mol. The van der Waals surface area contributed by atoms with Crippen molar-refractivity contribution in [3.05, 3.63) is 285 Å². The second-order valence-electron chi connectivity index (χ2n) is 22.4. The van der Waals surface area contributed by atoms with Crippen molar-refractivity contribution >= 4 is 125 Å². The van der Waals surface area contributed by atoms with Gasteiger partial charge in [0.05, 0.1) is 60.7 Å². The van der Waals surface area contributed by atoms with Crippen LogP contribution in [0.3, 0.4) is 0 Å². The highest BCUT2D eigenvalue weighted by molar-refractivity contribution is 6.24. The van der Waals surface area contributed by atoms with Crippen molar-refractivity contribution < 1.29 is 0 Å². The summed E-state index contributed by atoms with van der Waals surface area (Å²) in [6.45, 7) is 0. The minimum atomic E-state index is 1.15. The monoisotopic (exact) mass is 1050 g/mol. The Balaban J connectivity index is 0.739. The summed E-state index contributed by atoms with van der Waals surface area (Å²) in [7, 11) is 0. The van der Waals surface area contributed by atoms with Crippen molar-refractivity contribution in [3.8, 4) is 45.0 Å². The van der Waals surface area contributed by atoms with Crippen LogP contribution in [0, 0.1) is 0 Å². The van der Waals surface area contributed by atoms with E-state index in [1.807, 2.05) is 0 Å². The molecule has 0 saturated carbocycles. The first-order valence-electron chi connectivity index (χ1n) is 28.7. The van der Waals surface area contributed by atoms with E-state index in [2.05, 4.69) is 308 Å². The number of rotatable bonds is 6. The normalized spacial score (nSPS) is 12.3. The SMILES string of the molecule is c1ccc(-n2c3ccccc3c3cc(-n4c5ccccc5c5cc(-c6ccc7c8cccc9c%10ccc(-c%11ccc%12c(c%11)c%11ccccc%11n%12-c%11ccc%12c(c%11)c%11ccccc%11n%12-c%11ccccc%11)cc%10n(c7c6)c89)ccc54)ccc32)cc1. The Kier molecular flexibility index (Phi) is 9.00. The molecule has 19 rings (SSSR count). The topological polar surface area (TPSA) is 24.1 Å². The average molecular weight is 1050 g/mol. The number of hydrogen-bond donors (Lipinski definition) is 0. The lowest BCUT2D eigenvalue weighted by Gasteiger charge is -2.11. The van der Waals surface area contributed by atoms with Gasteiger partial charge in [-0.3, -0.25) is 0 Å². The molecule has 6 heterocycles. The number of para-hydroxylation sites is 7. The molecule has 0 saturated heterocycles. The van der Waals surface area contributed by atoms with Gasteiger partial charge in [-0.15, -0.1) is 0 Å². The van der Waals surface area contributed by atoms with E-state index in [0.717, 1.165) is 22.7 Å². The van der Waals surface area contributed by atoms with Crippen LogP contribution >= 0.6 is 0 Å². The van der Waals surface area contributed by atoms with E-state index in [1.165, 1.54) is 148 Å². The van der Waals surface area contributed by atoms with Crippen molar-refractivity contribution in [3.63, 3.8) is 0 Å². The third kappa shape index (κ3) is 6.20. The Morgan fingerprint density at radius 3 is 0.855 bits per heavy atom. The van der Waals surface area contributed by atoms with Gasteiger partial charge < -0.3 is 22.7 Å². The second-order valence-corrected chi connectivity index (χ2v) is 22.4. The quantitative estimate of drug-likeness (QED) is 0.159. The van der Waals surface area contributed by atoms with E-state index in [-0.39, 0.29) is 0 Å². The van der Waals surface area contributed by atoms with Gasteiger partial charge in [0.2, 0.25) is 0 Å². The maximum atomic E-state index is 2.53. The maximum absolute atomic E-state index is 2.53. The van der Waals surface area contributed by atoms with Crippen molar-refractivity contribution in [2.24, 2.45) is 0 Å². The number of fused-ring (bicyclic) bond motifs is 18. The largest absolute Gasteiger partial charge is 0.309 e. The lowest BCUT2D eigenvalue weighted by molar-refractivity contribution is 1.17. The molecular formula is C78H47N5. The Labute approximate surface area is 475 Å². The van der Waals surface area contributed by atoms with Gasteiger partial charge >= 0.3 is 0 Å². The van der Waals surface area contributed by atoms with Crippen LogP contribution in [0.25, 0.3) is 170 Å². The first-order chi connectivity index (χ1) is 41.2. The molecule has 384 valence electrons. The summed E-state index contributed by atoms with van der Waals surface area (Å²) >= 11 is 0. The molecule has 0 aliphatic carbocycles. The van der Waals surface area contributed by atoms with E-state index < -0.39 is 0 Å². The van der Waals surface area contributed by atoms with Crippen molar-refractivity contribution in [2.75, 3.05) is 0 Å². The first-order valence-corrected chi connectivity index (χ1v) is 28.7. The van der Waals surface area contributed by atoms with E-state index in [0.29, 0.717) is 0 Å². The predicted octanol–water partition coefficient (Wildman–Crippen LogP) is 20.6. The summed E-state index contributed by atoms with van der Waals surface area (Å²) in [5.74, 6) is 0. The summed E-state index contributed by atoms with van der Waals surface area (Å²) in [4.78, 5) is 0. The summed E-state index contributed by atoms with van der Waals surface area (Å²) < 4.78 is 12.2. The fourth-order valence-corrected chi connectivity index (χ4v) is 14.6. The van der Waals surface area contributed by atoms with Gasteiger partial charge in [0.25, 0.3) is 0 Å². The van der Waals surface area contributed by atoms with Crippen LogP contribution in [0.4, 0.5) is 0 Å². The third-order valence-electron chi connectivity index (χ3n) is 18.2. The summed E-state index contributed by atoms with van der Waals surface area (Å²) in [5.41, 5.74) is 22.7. The molecule has 0 unspecified atom stereocenters. The van der Waals surface area contributed by atoms with Crippen molar-refractivity contribution in [1.82, 2.24) is 22.7 Å². The smallest absolute Gasteiger partial charge is 0.0620 e. The zero-order valence-corrected chi connectivity index (χ0v) is 44.9. The lowest BCUT2D eigenvalue weighted by Crippen LogP contribution is -1.95. The minimum absolute atomic E-state index is 1.15. The van der Waals surface area contributed by atoms with Crippen LogP contribution in [0.2, 0.25) is 0 Å². The van der Waals surface area contributed by atoms with E-state index in [4.69, 9.17) is 0 Å². The van der Waals surface area contributed by atoms with Gasteiger partial charge in [0.15, 0.2) is 0 Å². The van der Waals surface area contributed by atoms with Gasteiger partial charge in [-0.25, -0.2) is 0 Å². The highest BCUT2D eigenvalue weighted by atomic mass is 15.0. The van der Waals surface area contributed by atoms with Crippen LogP contribution < -0.4 is 0 Å². The average Bonchev–Trinajstić information content (AvgIpc) is 2.86. The third-order valence-corrected chi connectivity index (χ3v) is 18.2. The molecule has 0 aliphatic rings. The summed E-state index contributed by atoms with van der Waals surface area (Å²) in [6, 6.07) is 106. The van der Waals surface area contributed by atoms with E-state index in [1.54, 1.807) is 0 Å². The van der Waals surface area contributed by atoms with Crippen LogP contribution in [0.15, 0.2) is 285 Å². The molecule has 0 atom stereocenters. The van der Waals surface area contributed by atoms with Crippen molar-refractivity contribution in [1.29, 1.82) is 0 Å². The molecule has 0 amide bonds. The van der Waals surface area contributed by atoms with Crippen LogP contribution in [-0.4, -0.2) is 22.7 Å². The molecule has 13 aromatic carbocycles. The highest BCUT2D eigenvalue weighted by Gasteiger charge is 2.22. The molecule has 0 spiro atoms. The molecule has 5 heteroatoms.